The van der Waals surface area contributed by atoms with Gasteiger partial charge in [0, 0.05) is 31.0 Å². The van der Waals surface area contributed by atoms with Crippen molar-refractivity contribution in [2.45, 2.75) is 25.9 Å². The van der Waals surface area contributed by atoms with Crippen molar-refractivity contribution in [3.63, 3.8) is 0 Å². The average molecular weight is 425 g/mol. The van der Waals surface area contributed by atoms with E-state index in [0.29, 0.717) is 16.7 Å². The summed E-state index contributed by atoms with van der Waals surface area (Å²) in [5, 5.41) is 9.71. The summed E-state index contributed by atoms with van der Waals surface area (Å²) in [6.07, 6.45) is -5.76. The number of carbonyl (C=O) groups is 1. The van der Waals surface area contributed by atoms with E-state index in [1.54, 1.807) is 0 Å². The topological polar surface area (TPSA) is 59.0 Å². The van der Waals surface area contributed by atoms with Gasteiger partial charge >= 0.3 is 12.1 Å². The normalized spacial score (nSPS) is 16.5. The van der Waals surface area contributed by atoms with Crippen LogP contribution in [0.4, 0.5) is 23.2 Å². The van der Waals surface area contributed by atoms with Crippen LogP contribution in [0.15, 0.2) is 42.0 Å². The van der Waals surface area contributed by atoms with Crippen molar-refractivity contribution in [3.05, 3.63) is 64.5 Å². The van der Waals surface area contributed by atoms with E-state index in [0.717, 1.165) is 18.2 Å². The van der Waals surface area contributed by atoms with Crippen molar-refractivity contribution in [1.82, 2.24) is 0 Å². The van der Waals surface area contributed by atoms with E-state index in [4.69, 9.17) is 9.47 Å². The van der Waals surface area contributed by atoms with Gasteiger partial charge in [-0.25, -0.2) is 9.18 Å². The fraction of sp³-hybridized carbons (Fsp3) is 0.286. The third-order valence-electron chi connectivity index (χ3n) is 4.95. The van der Waals surface area contributed by atoms with Crippen molar-refractivity contribution < 1.29 is 36.9 Å². The monoisotopic (exact) mass is 425 g/mol. The predicted octanol–water partition coefficient (Wildman–Crippen LogP) is 4.70. The van der Waals surface area contributed by atoms with Gasteiger partial charge in [0.05, 0.1) is 18.2 Å². The number of hydrogen-bond donors (Lipinski definition) is 1. The number of halogens is 4. The number of methoxy groups -OCH3 is 2. The number of carboxylic acid groups (broad SMARTS) is 1. The van der Waals surface area contributed by atoms with E-state index in [-0.39, 0.29) is 23.6 Å². The number of allylic oxidation sites excluding steroid dienone is 1. The number of anilines is 1. The van der Waals surface area contributed by atoms with E-state index in [2.05, 4.69) is 0 Å². The molecule has 2 aromatic rings. The van der Waals surface area contributed by atoms with Crippen LogP contribution >= 0.6 is 0 Å². The summed E-state index contributed by atoms with van der Waals surface area (Å²) in [5.41, 5.74) is 0.157. The number of rotatable bonds is 5. The first-order chi connectivity index (χ1) is 14.1. The summed E-state index contributed by atoms with van der Waals surface area (Å²) in [7, 11) is 2.62. The SMILES string of the molecule is COc1cc(F)cc(CN2c3cc(C(F)(F)F)ccc3C(C)=C(C(=O)O)C2OC)c1. The summed E-state index contributed by atoms with van der Waals surface area (Å²) in [6.45, 7) is 1.41. The van der Waals surface area contributed by atoms with Crippen LogP contribution < -0.4 is 9.64 Å². The van der Waals surface area contributed by atoms with E-state index in [1.165, 1.54) is 44.2 Å². The highest BCUT2D eigenvalue weighted by molar-refractivity contribution is 6.01. The summed E-state index contributed by atoms with van der Waals surface area (Å²) < 4.78 is 64.3. The molecule has 1 aliphatic rings. The lowest BCUT2D eigenvalue weighted by Gasteiger charge is -2.39. The molecule has 2 aromatic carbocycles. The van der Waals surface area contributed by atoms with Gasteiger partial charge in [-0.15, -0.1) is 0 Å². The minimum absolute atomic E-state index is 0.104. The van der Waals surface area contributed by atoms with E-state index >= 15 is 0 Å². The molecule has 0 bridgehead atoms. The molecule has 1 N–H and O–H groups in total. The number of carboxylic acids is 1. The Kier molecular flexibility index (Phi) is 5.76. The van der Waals surface area contributed by atoms with Gasteiger partial charge in [-0.1, -0.05) is 6.07 Å². The van der Waals surface area contributed by atoms with Crippen LogP contribution in [0, 0.1) is 5.82 Å². The highest BCUT2D eigenvalue weighted by atomic mass is 19.4. The van der Waals surface area contributed by atoms with Crippen LogP contribution in [0.25, 0.3) is 5.57 Å². The molecule has 1 unspecified atom stereocenters. The Hall–Kier alpha value is -3.07. The van der Waals surface area contributed by atoms with Crippen molar-refractivity contribution in [1.29, 1.82) is 0 Å². The van der Waals surface area contributed by atoms with Gasteiger partial charge in [-0.2, -0.15) is 13.2 Å². The highest BCUT2D eigenvalue weighted by Gasteiger charge is 2.38. The van der Waals surface area contributed by atoms with Gasteiger partial charge in [0.2, 0.25) is 0 Å². The Labute approximate surface area is 170 Å². The molecular formula is C21H19F4NO4. The van der Waals surface area contributed by atoms with Crippen LogP contribution in [0.5, 0.6) is 5.75 Å². The molecule has 0 saturated heterocycles. The number of hydrogen-bond acceptors (Lipinski definition) is 4. The van der Waals surface area contributed by atoms with Gasteiger partial charge in [0.15, 0.2) is 6.23 Å². The zero-order valence-corrected chi connectivity index (χ0v) is 16.4. The molecule has 0 aliphatic carbocycles. The fourth-order valence-corrected chi connectivity index (χ4v) is 3.58. The van der Waals surface area contributed by atoms with Gasteiger partial charge in [-0.05, 0) is 42.3 Å². The Morgan fingerprint density at radius 2 is 1.87 bits per heavy atom. The Morgan fingerprint density at radius 3 is 2.43 bits per heavy atom. The molecule has 1 heterocycles. The minimum Gasteiger partial charge on any atom is -0.497 e. The number of aliphatic carboxylic acids is 1. The molecule has 0 spiro atoms. The zero-order chi connectivity index (χ0) is 22.2. The molecule has 160 valence electrons. The predicted molar refractivity (Wildman–Crippen MR) is 102 cm³/mol. The van der Waals surface area contributed by atoms with Crippen molar-refractivity contribution in [3.8, 4) is 5.75 Å². The standard InChI is InChI=1S/C21H19F4NO4/c1-11-16-5-4-13(21(23,24)25)8-17(16)26(19(30-3)18(11)20(27)28)10-12-6-14(22)9-15(7-12)29-2/h4-9,19H,10H2,1-3H3,(H,27,28). The average Bonchev–Trinajstić information content (AvgIpc) is 2.67. The summed E-state index contributed by atoms with van der Waals surface area (Å²) in [6, 6.07) is 6.97. The fourth-order valence-electron chi connectivity index (χ4n) is 3.58. The van der Waals surface area contributed by atoms with Crippen LogP contribution in [0.1, 0.15) is 23.6 Å². The largest absolute Gasteiger partial charge is 0.497 e. The van der Waals surface area contributed by atoms with Crippen molar-refractivity contribution in [2.75, 3.05) is 19.1 Å². The Morgan fingerprint density at radius 1 is 1.17 bits per heavy atom. The molecule has 5 nitrogen and oxygen atoms in total. The first-order valence-corrected chi connectivity index (χ1v) is 8.85. The Bertz CT molecular complexity index is 1020. The lowest BCUT2D eigenvalue weighted by molar-refractivity contribution is -0.137. The molecule has 9 heteroatoms. The summed E-state index contributed by atoms with van der Waals surface area (Å²) in [5.74, 6) is -1.62. The number of nitrogens with zero attached hydrogens (tertiary/aromatic N) is 1. The summed E-state index contributed by atoms with van der Waals surface area (Å²) >= 11 is 0. The number of ether oxygens (including phenoxy) is 2. The molecule has 1 aliphatic heterocycles. The molecule has 0 amide bonds. The van der Waals surface area contributed by atoms with Gasteiger partial charge in [0.25, 0.3) is 0 Å². The molecular weight excluding hydrogens is 406 g/mol. The second kappa shape index (κ2) is 7.98. The number of fused-ring (bicyclic) bond motifs is 1. The van der Waals surface area contributed by atoms with Crippen LogP contribution in [0.2, 0.25) is 0 Å². The quantitative estimate of drug-likeness (QED) is 0.704. The van der Waals surface area contributed by atoms with Crippen molar-refractivity contribution in [2.24, 2.45) is 0 Å². The van der Waals surface area contributed by atoms with Crippen LogP contribution in [-0.2, 0) is 22.3 Å². The maximum atomic E-state index is 13.9. The number of benzene rings is 2. The zero-order valence-electron chi connectivity index (χ0n) is 16.4. The van der Waals surface area contributed by atoms with Gasteiger partial charge in [0.1, 0.15) is 11.6 Å². The second-order valence-electron chi connectivity index (χ2n) is 6.79. The molecule has 1 atom stereocenters. The third-order valence-corrected chi connectivity index (χ3v) is 4.95. The van der Waals surface area contributed by atoms with E-state index < -0.39 is 29.8 Å². The Balaban J connectivity index is 2.20. The van der Waals surface area contributed by atoms with Gasteiger partial charge < -0.3 is 19.5 Å². The third kappa shape index (κ3) is 3.97. The first kappa shape index (κ1) is 21.6. The number of alkyl halides is 3. The molecule has 0 saturated carbocycles. The first-order valence-electron chi connectivity index (χ1n) is 8.85. The lowest BCUT2D eigenvalue weighted by Crippen LogP contribution is -2.43. The van der Waals surface area contributed by atoms with Gasteiger partial charge in [-0.3, -0.25) is 0 Å². The molecule has 0 aromatic heterocycles. The highest BCUT2D eigenvalue weighted by Crippen LogP contribution is 2.42. The maximum absolute atomic E-state index is 13.9. The van der Waals surface area contributed by atoms with Crippen LogP contribution in [-0.4, -0.2) is 31.5 Å². The maximum Gasteiger partial charge on any atom is 0.416 e. The van der Waals surface area contributed by atoms with E-state index in [9.17, 15) is 27.5 Å². The lowest BCUT2D eigenvalue weighted by atomic mass is 9.91. The molecule has 0 fully saturated rings. The molecule has 0 radical (unpaired) electrons. The smallest absolute Gasteiger partial charge is 0.416 e. The second-order valence-corrected chi connectivity index (χ2v) is 6.79. The van der Waals surface area contributed by atoms with E-state index in [1.807, 2.05) is 0 Å². The minimum atomic E-state index is -4.59. The van der Waals surface area contributed by atoms with Crippen LogP contribution in [0.3, 0.4) is 0 Å². The summed E-state index contributed by atoms with van der Waals surface area (Å²) in [4.78, 5) is 13.3. The van der Waals surface area contributed by atoms with Crippen molar-refractivity contribution >= 4 is 17.2 Å². The molecule has 30 heavy (non-hydrogen) atoms. The molecule has 3 rings (SSSR count).